The van der Waals surface area contributed by atoms with Crippen LogP contribution in [0.15, 0.2) is 37.0 Å². The third-order valence-corrected chi connectivity index (χ3v) is 3.12. The molecule has 2 aromatic rings. The molecule has 1 aromatic heterocycles. The summed E-state index contributed by atoms with van der Waals surface area (Å²) in [6.45, 7) is 4.05. The largest absolute Gasteiger partial charge is 0.350 e. The maximum absolute atomic E-state index is 4.05. The van der Waals surface area contributed by atoms with Crippen molar-refractivity contribution in [3.05, 3.63) is 42.6 Å². The van der Waals surface area contributed by atoms with E-state index in [-0.39, 0.29) is 0 Å². The first-order valence-corrected chi connectivity index (χ1v) is 5.64. The maximum atomic E-state index is 4.05. The van der Waals surface area contributed by atoms with Gasteiger partial charge in [0.05, 0.1) is 5.52 Å². The Kier molecular flexibility index (Phi) is 2.46. The van der Waals surface area contributed by atoms with Gasteiger partial charge in [0.2, 0.25) is 0 Å². The predicted molar refractivity (Wildman–Crippen MR) is 65.7 cm³/mol. The van der Waals surface area contributed by atoms with E-state index in [1.165, 1.54) is 16.5 Å². The fraction of sp³-hybridized carbons (Fsp3) is 0.167. The highest BCUT2D eigenvalue weighted by Crippen LogP contribution is 2.25. The summed E-state index contributed by atoms with van der Waals surface area (Å²) in [5.74, 6) is 0. The van der Waals surface area contributed by atoms with Crippen LogP contribution in [-0.4, -0.2) is 9.90 Å². The summed E-state index contributed by atoms with van der Waals surface area (Å²) >= 11 is 3.44. The zero-order valence-corrected chi connectivity index (χ0v) is 9.71. The Balaban J connectivity index is 2.75. The highest BCUT2D eigenvalue weighted by Gasteiger charge is 2.05. The zero-order valence-electron chi connectivity index (χ0n) is 8.13. The molecule has 0 bridgehead atoms. The van der Waals surface area contributed by atoms with E-state index in [0.717, 1.165) is 10.9 Å². The molecule has 1 aromatic carbocycles. The van der Waals surface area contributed by atoms with Gasteiger partial charge in [-0.1, -0.05) is 40.7 Å². The molecule has 0 aliphatic heterocycles. The summed E-state index contributed by atoms with van der Waals surface area (Å²) in [5.41, 5.74) is 3.61. The Hall–Kier alpha value is -1.02. The van der Waals surface area contributed by atoms with E-state index in [1.807, 2.05) is 0 Å². The number of aromatic nitrogens is 1. The van der Waals surface area contributed by atoms with E-state index in [9.17, 15) is 0 Å². The van der Waals surface area contributed by atoms with Crippen LogP contribution in [0.2, 0.25) is 0 Å². The molecule has 0 N–H and O–H groups in total. The molecule has 0 spiro atoms. The molecule has 0 saturated carbocycles. The van der Waals surface area contributed by atoms with Crippen LogP contribution >= 0.6 is 15.9 Å². The molecule has 1 heterocycles. The first kappa shape index (κ1) is 9.53. The van der Waals surface area contributed by atoms with Gasteiger partial charge in [0.25, 0.3) is 0 Å². The molecule has 0 amide bonds. The van der Waals surface area contributed by atoms with Crippen molar-refractivity contribution in [1.29, 1.82) is 0 Å². The van der Waals surface area contributed by atoms with Gasteiger partial charge < -0.3 is 4.57 Å². The van der Waals surface area contributed by atoms with E-state index >= 15 is 0 Å². The molecule has 0 unspecified atom stereocenters. The minimum atomic E-state index is 0.817. The van der Waals surface area contributed by atoms with Crippen LogP contribution in [0, 0.1) is 0 Å². The van der Waals surface area contributed by atoms with Crippen LogP contribution in [0.4, 0.5) is 0 Å². The summed E-state index contributed by atoms with van der Waals surface area (Å²) in [6.07, 6.45) is 2.08. The maximum Gasteiger partial charge on any atom is 0.0554 e. The number of para-hydroxylation sites is 1. The van der Waals surface area contributed by atoms with E-state index in [2.05, 4.69) is 64.6 Å². The molecular formula is C12H12BrN. The number of hydrogen-bond acceptors (Lipinski definition) is 0. The number of rotatable bonds is 2. The second kappa shape index (κ2) is 3.62. The molecular weight excluding hydrogens is 238 g/mol. The summed E-state index contributed by atoms with van der Waals surface area (Å²) in [6, 6.07) is 8.44. The first-order chi connectivity index (χ1) is 6.74. The van der Waals surface area contributed by atoms with Crippen LogP contribution in [0.5, 0.6) is 0 Å². The lowest BCUT2D eigenvalue weighted by Gasteiger charge is -2.06. The van der Waals surface area contributed by atoms with Crippen LogP contribution < -0.4 is 0 Å². The Morgan fingerprint density at radius 2 is 2.21 bits per heavy atom. The van der Waals surface area contributed by atoms with Gasteiger partial charge in [0, 0.05) is 29.5 Å². The topological polar surface area (TPSA) is 4.93 Å². The number of aryl methyl sites for hydroxylation is 1. The van der Waals surface area contributed by atoms with Crippen molar-refractivity contribution in [3.63, 3.8) is 0 Å². The van der Waals surface area contributed by atoms with Gasteiger partial charge in [-0.15, -0.1) is 0 Å². The van der Waals surface area contributed by atoms with Crippen molar-refractivity contribution in [2.45, 2.75) is 0 Å². The van der Waals surface area contributed by atoms with Crippen molar-refractivity contribution >= 4 is 32.4 Å². The zero-order chi connectivity index (χ0) is 10.1. The van der Waals surface area contributed by atoms with E-state index in [4.69, 9.17) is 0 Å². The average molecular weight is 250 g/mol. The third-order valence-electron chi connectivity index (χ3n) is 2.44. The number of fused-ring (bicyclic) bond motifs is 1. The fourth-order valence-electron chi connectivity index (χ4n) is 1.71. The van der Waals surface area contributed by atoms with Gasteiger partial charge in [0.1, 0.15) is 0 Å². The molecule has 0 saturated heterocycles. The number of hydrogen-bond donors (Lipinski definition) is 0. The summed E-state index contributed by atoms with van der Waals surface area (Å²) in [5, 5.41) is 2.09. The summed E-state index contributed by atoms with van der Waals surface area (Å²) in [7, 11) is 2.06. The standard InChI is InChI=1S/C12H12BrN/c1-9(8-13)11-5-3-4-10-6-7-14(2)12(10)11/h3-7H,1,8H2,2H3. The lowest BCUT2D eigenvalue weighted by Crippen LogP contribution is -1.91. The Morgan fingerprint density at radius 3 is 2.93 bits per heavy atom. The quantitative estimate of drug-likeness (QED) is 0.718. The Labute approximate surface area is 92.2 Å². The van der Waals surface area contributed by atoms with Crippen molar-refractivity contribution in [3.8, 4) is 0 Å². The van der Waals surface area contributed by atoms with Crippen LogP contribution in [0.3, 0.4) is 0 Å². The van der Waals surface area contributed by atoms with Gasteiger partial charge in [-0.3, -0.25) is 0 Å². The number of alkyl halides is 1. The lowest BCUT2D eigenvalue weighted by atomic mass is 10.1. The number of benzene rings is 1. The molecule has 0 fully saturated rings. The number of halogens is 1. The minimum Gasteiger partial charge on any atom is -0.350 e. The first-order valence-electron chi connectivity index (χ1n) is 4.52. The van der Waals surface area contributed by atoms with E-state index in [0.29, 0.717) is 0 Å². The number of nitrogens with zero attached hydrogens (tertiary/aromatic N) is 1. The van der Waals surface area contributed by atoms with Gasteiger partial charge in [-0.2, -0.15) is 0 Å². The second-order valence-corrected chi connectivity index (χ2v) is 3.97. The van der Waals surface area contributed by atoms with E-state index < -0.39 is 0 Å². The average Bonchev–Trinajstić information content (AvgIpc) is 2.59. The minimum absolute atomic E-state index is 0.817. The van der Waals surface area contributed by atoms with E-state index in [1.54, 1.807) is 0 Å². The molecule has 0 atom stereocenters. The monoisotopic (exact) mass is 249 g/mol. The molecule has 0 aliphatic carbocycles. The SMILES string of the molecule is C=C(CBr)c1cccc2ccn(C)c12. The van der Waals surface area contributed by atoms with Crippen LogP contribution in [0.25, 0.3) is 16.5 Å². The van der Waals surface area contributed by atoms with Gasteiger partial charge in [-0.25, -0.2) is 0 Å². The van der Waals surface area contributed by atoms with Crippen LogP contribution in [-0.2, 0) is 7.05 Å². The molecule has 0 radical (unpaired) electrons. The third kappa shape index (κ3) is 1.40. The summed E-state index contributed by atoms with van der Waals surface area (Å²) < 4.78 is 2.14. The van der Waals surface area contributed by atoms with Gasteiger partial charge >= 0.3 is 0 Å². The molecule has 2 rings (SSSR count). The highest BCUT2D eigenvalue weighted by molar-refractivity contribution is 9.09. The molecule has 1 nitrogen and oxygen atoms in total. The Morgan fingerprint density at radius 1 is 1.43 bits per heavy atom. The smallest absolute Gasteiger partial charge is 0.0554 e. The molecule has 2 heteroatoms. The van der Waals surface area contributed by atoms with Crippen molar-refractivity contribution < 1.29 is 0 Å². The van der Waals surface area contributed by atoms with Crippen molar-refractivity contribution in [2.24, 2.45) is 7.05 Å². The Bertz CT molecular complexity index is 482. The highest BCUT2D eigenvalue weighted by atomic mass is 79.9. The number of allylic oxidation sites excluding steroid dienone is 1. The van der Waals surface area contributed by atoms with Gasteiger partial charge in [-0.05, 0) is 11.6 Å². The summed E-state index contributed by atoms with van der Waals surface area (Å²) in [4.78, 5) is 0. The normalized spacial score (nSPS) is 10.7. The van der Waals surface area contributed by atoms with Crippen molar-refractivity contribution in [1.82, 2.24) is 4.57 Å². The van der Waals surface area contributed by atoms with Crippen LogP contribution in [0.1, 0.15) is 5.56 Å². The lowest BCUT2D eigenvalue weighted by molar-refractivity contribution is 0.967. The predicted octanol–water partition coefficient (Wildman–Crippen LogP) is 3.59. The van der Waals surface area contributed by atoms with Gasteiger partial charge in [0.15, 0.2) is 0 Å². The molecule has 0 aliphatic rings. The molecule has 14 heavy (non-hydrogen) atoms. The van der Waals surface area contributed by atoms with Crippen molar-refractivity contribution in [2.75, 3.05) is 5.33 Å². The molecule has 72 valence electrons. The fourth-order valence-corrected chi connectivity index (χ4v) is 2.02. The second-order valence-electron chi connectivity index (χ2n) is 3.41.